The lowest BCUT2D eigenvalue weighted by Gasteiger charge is -2.33. The van der Waals surface area contributed by atoms with Gasteiger partial charge in [0.2, 0.25) is 0 Å². The second kappa shape index (κ2) is 6.27. The van der Waals surface area contributed by atoms with Crippen molar-refractivity contribution in [2.75, 3.05) is 19.6 Å². The molecule has 1 aliphatic carbocycles. The van der Waals surface area contributed by atoms with E-state index in [-0.39, 0.29) is 5.91 Å². The highest BCUT2D eigenvalue weighted by Crippen LogP contribution is 2.29. The summed E-state index contributed by atoms with van der Waals surface area (Å²) < 4.78 is 0. The third kappa shape index (κ3) is 2.91. The van der Waals surface area contributed by atoms with E-state index in [4.69, 9.17) is 0 Å². The van der Waals surface area contributed by atoms with Crippen molar-refractivity contribution in [3.05, 3.63) is 21.4 Å². The summed E-state index contributed by atoms with van der Waals surface area (Å²) >= 11 is 1.75. The van der Waals surface area contributed by atoms with Gasteiger partial charge >= 0.3 is 0 Å². The lowest BCUT2D eigenvalue weighted by Crippen LogP contribution is -2.52. The third-order valence-electron chi connectivity index (χ3n) is 4.47. The Bertz CT molecular complexity index is 457. The Kier molecular flexibility index (Phi) is 4.41. The average Bonchev–Trinajstić information content (AvgIpc) is 2.81. The molecular weight excluding hydrogens is 268 g/mol. The first-order valence-corrected chi connectivity index (χ1v) is 8.70. The zero-order valence-electron chi connectivity index (χ0n) is 12.3. The topological polar surface area (TPSA) is 32.3 Å². The summed E-state index contributed by atoms with van der Waals surface area (Å²) in [6.07, 6.45) is 7.58. The quantitative estimate of drug-likeness (QED) is 0.863. The van der Waals surface area contributed by atoms with Gasteiger partial charge in [0, 0.05) is 30.6 Å². The van der Waals surface area contributed by atoms with Gasteiger partial charge in [0.1, 0.15) is 0 Å². The van der Waals surface area contributed by atoms with Gasteiger partial charge in [-0.1, -0.05) is 12.8 Å². The van der Waals surface area contributed by atoms with Crippen LogP contribution in [-0.4, -0.2) is 36.5 Å². The van der Waals surface area contributed by atoms with Crippen molar-refractivity contribution in [3.8, 4) is 0 Å². The number of carbonyl (C=O) groups is 1. The van der Waals surface area contributed by atoms with E-state index in [0.717, 1.165) is 30.9 Å². The molecule has 0 spiro atoms. The predicted octanol–water partition coefficient (Wildman–Crippen LogP) is 2.84. The van der Waals surface area contributed by atoms with E-state index in [2.05, 4.69) is 18.3 Å². The van der Waals surface area contributed by atoms with Gasteiger partial charge in [-0.05, 0) is 44.2 Å². The fraction of sp³-hybridized carbons (Fsp3) is 0.688. The molecule has 0 saturated carbocycles. The Balaban J connectivity index is 1.79. The largest absolute Gasteiger partial charge is 0.333 e. The molecule has 1 saturated heterocycles. The van der Waals surface area contributed by atoms with Gasteiger partial charge in [0.05, 0.1) is 4.88 Å². The van der Waals surface area contributed by atoms with Crippen LogP contribution in [0.15, 0.2) is 6.07 Å². The van der Waals surface area contributed by atoms with Gasteiger partial charge in [-0.15, -0.1) is 11.3 Å². The highest BCUT2D eigenvalue weighted by Gasteiger charge is 2.26. The average molecular weight is 292 g/mol. The highest BCUT2D eigenvalue weighted by atomic mass is 32.1. The smallest absolute Gasteiger partial charge is 0.264 e. The monoisotopic (exact) mass is 292 g/mol. The van der Waals surface area contributed by atoms with Gasteiger partial charge in [-0.2, -0.15) is 0 Å². The molecule has 3 nitrogen and oxygen atoms in total. The van der Waals surface area contributed by atoms with Crippen LogP contribution in [0.3, 0.4) is 0 Å². The lowest BCUT2D eigenvalue weighted by atomic mass is 9.99. The van der Waals surface area contributed by atoms with E-state index in [9.17, 15) is 4.79 Å². The van der Waals surface area contributed by atoms with Gasteiger partial charge in [0.25, 0.3) is 5.91 Å². The van der Waals surface area contributed by atoms with E-state index >= 15 is 0 Å². The van der Waals surface area contributed by atoms with E-state index in [1.165, 1.54) is 42.5 Å². The molecule has 1 aromatic heterocycles. The number of hydrogen-bond donors (Lipinski definition) is 1. The van der Waals surface area contributed by atoms with Gasteiger partial charge in [-0.3, -0.25) is 4.79 Å². The normalized spacial score (nSPS) is 23.9. The van der Waals surface area contributed by atoms with Gasteiger partial charge in [-0.25, -0.2) is 0 Å². The zero-order chi connectivity index (χ0) is 13.9. The minimum absolute atomic E-state index is 0.246. The fourth-order valence-corrected chi connectivity index (χ4v) is 4.44. The summed E-state index contributed by atoms with van der Waals surface area (Å²) in [6.45, 7) is 4.80. The molecule has 110 valence electrons. The first-order valence-electron chi connectivity index (χ1n) is 7.89. The predicted molar refractivity (Wildman–Crippen MR) is 83.6 cm³/mol. The molecule has 3 rings (SSSR count). The summed E-state index contributed by atoms with van der Waals surface area (Å²) in [7, 11) is 0. The number of piperazine rings is 1. The van der Waals surface area contributed by atoms with Crippen LogP contribution in [0.5, 0.6) is 0 Å². The summed E-state index contributed by atoms with van der Waals surface area (Å²) in [5.74, 6) is 0.246. The van der Waals surface area contributed by atoms with Crippen molar-refractivity contribution >= 4 is 17.2 Å². The third-order valence-corrected chi connectivity index (χ3v) is 5.69. The lowest BCUT2D eigenvalue weighted by molar-refractivity contribution is 0.0660. The van der Waals surface area contributed by atoms with Crippen LogP contribution in [0.2, 0.25) is 0 Å². The van der Waals surface area contributed by atoms with Crippen molar-refractivity contribution in [1.29, 1.82) is 0 Å². The van der Waals surface area contributed by atoms with Crippen molar-refractivity contribution in [3.63, 3.8) is 0 Å². The summed E-state index contributed by atoms with van der Waals surface area (Å²) in [4.78, 5) is 17.2. The number of amides is 1. The molecule has 2 aliphatic rings. The first-order chi connectivity index (χ1) is 9.75. The molecular formula is C16H24N2OS. The van der Waals surface area contributed by atoms with E-state index < -0.39 is 0 Å². The maximum atomic E-state index is 12.7. The van der Waals surface area contributed by atoms with Crippen molar-refractivity contribution in [1.82, 2.24) is 10.2 Å². The molecule has 1 aromatic rings. The van der Waals surface area contributed by atoms with Crippen LogP contribution in [0.4, 0.5) is 0 Å². The number of fused-ring (bicyclic) bond motifs is 1. The molecule has 0 unspecified atom stereocenters. The minimum Gasteiger partial charge on any atom is -0.333 e. The highest BCUT2D eigenvalue weighted by molar-refractivity contribution is 7.14. The van der Waals surface area contributed by atoms with E-state index in [1.54, 1.807) is 11.3 Å². The maximum Gasteiger partial charge on any atom is 0.264 e. The number of nitrogens with zero attached hydrogens (tertiary/aromatic N) is 1. The van der Waals surface area contributed by atoms with Crippen molar-refractivity contribution in [2.24, 2.45) is 0 Å². The van der Waals surface area contributed by atoms with Gasteiger partial charge < -0.3 is 10.2 Å². The molecule has 1 amide bonds. The number of hydrogen-bond acceptors (Lipinski definition) is 3. The number of nitrogens with one attached hydrogen (secondary N) is 1. The number of rotatable bonds is 1. The van der Waals surface area contributed by atoms with Crippen molar-refractivity contribution in [2.45, 2.75) is 51.5 Å². The molecule has 0 bridgehead atoms. The second-order valence-corrected chi connectivity index (χ2v) is 7.16. The van der Waals surface area contributed by atoms with Crippen LogP contribution in [0.25, 0.3) is 0 Å². The van der Waals surface area contributed by atoms with Crippen molar-refractivity contribution < 1.29 is 4.79 Å². The first kappa shape index (κ1) is 14.1. The molecule has 20 heavy (non-hydrogen) atoms. The molecule has 1 N–H and O–H groups in total. The molecule has 0 aromatic carbocycles. The standard InChI is InChI=1S/C16H24N2OS/c1-12-11-17-8-9-18(12)16(19)15-10-13-6-4-2-3-5-7-14(13)20-15/h10,12,17H,2-9,11H2,1H3/t12-/m0/s1. The Morgan fingerprint density at radius 3 is 2.90 bits per heavy atom. The summed E-state index contributed by atoms with van der Waals surface area (Å²) in [5.41, 5.74) is 1.45. The Morgan fingerprint density at radius 2 is 2.10 bits per heavy atom. The maximum absolute atomic E-state index is 12.7. The number of thiophene rings is 1. The van der Waals surface area contributed by atoms with Crippen LogP contribution < -0.4 is 5.32 Å². The van der Waals surface area contributed by atoms with E-state index in [1.807, 2.05) is 4.90 Å². The van der Waals surface area contributed by atoms with Crippen LogP contribution in [0.1, 0.15) is 52.7 Å². The Labute approximate surface area is 125 Å². The molecule has 1 atom stereocenters. The Hall–Kier alpha value is -0.870. The number of aryl methyl sites for hydroxylation is 2. The Morgan fingerprint density at radius 1 is 1.30 bits per heavy atom. The van der Waals surface area contributed by atoms with Crippen LogP contribution >= 0.6 is 11.3 Å². The molecule has 0 radical (unpaired) electrons. The van der Waals surface area contributed by atoms with Crippen LogP contribution in [-0.2, 0) is 12.8 Å². The molecule has 1 aliphatic heterocycles. The SMILES string of the molecule is C[C@H]1CNCCN1C(=O)c1cc2c(s1)CCCCCC2. The molecule has 1 fully saturated rings. The van der Waals surface area contributed by atoms with Gasteiger partial charge in [0.15, 0.2) is 0 Å². The minimum atomic E-state index is 0.246. The van der Waals surface area contributed by atoms with E-state index in [0.29, 0.717) is 6.04 Å². The van der Waals surface area contributed by atoms with Crippen LogP contribution in [0, 0.1) is 0 Å². The number of carbonyl (C=O) groups excluding carboxylic acids is 1. The molecule has 2 heterocycles. The molecule has 4 heteroatoms. The summed E-state index contributed by atoms with van der Waals surface area (Å²) in [5, 5.41) is 3.35. The fourth-order valence-electron chi connectivity index (χ4n) is 3.23. The second-order valence-electron chi connectivity index (χ2n) is 6.02. The zero-order valence-corrected chi connectivity index (χ0v) is 13.1. The summed E-state index contributed by atoms with van der Waals surface area (Å²) in [6, 6.07) is 2.49.